The van der Waals surface area contributed by atoms with Gasteiger partial charge >= 0.3 is 5.97 Å². The van der Waals surface area contributed by atoms with Gasteiger partial charge in [-0.2, -0.15) is 0 Å². The molecule has 0 aromatic rings. The molecule has 0 bridgehead atoms. The van der Waals surface area contributed by atoms with Gasteiger partial charge in [-0.3, -0.25) is 4.79 Å². The molecule has 0 amide bonds. The van der Waals surface area contributed by atoms with Crippen molar-refractivity contribution in [2.24, 2.45) is 10.8 Å². The average molecular weight is 206 g/mol. The van der Waals surface area contributed by atoms with Crippen molar-refractivity contribution in [2.45, 2.75) is 20.3 Å². The number of carbonyl (C=O) groups is 1. The van der Waals surface area contributed by atoms with E-state index in [1.807, 2.05) is 0 Å². The number of carboxylic acids is 1. The highest BCUT2D eigenvalue weighted by atomic mass is 32.2. The van der Waals surface area contributed by atoms with Crippen LogP contribution in [0.5, 0.6) is 0 Å². The minimum atomic E-state index is -3.22. The summed E-state index contributed by atoms with van der Waals surface area (Å²) < 4.78 is 22.0. The molecule has 76 valence electrons. The molecule has 0 aliphatic heterocycles. The van der Waals surface area contributed by atoms with Gasteiger partial charge in [0.15, 0.2) is 0 Å². The molecule has 5 heteroatoms. The molecule has 13 heavy (non-hydrogen) atoms. The number of carboxylic acid groups (broad SMARTS) is 1. The third-order valence-corrected chi connectivity index (χ3v) is 3.85. The van der Waals surface area contributed by atoms with Gasteiger partial charge in [0.05, 0.1) is 11.2 Å². The van der Waals surface area contributed by atoms with Crippen LogP contribution in [0.1, 0.15) is 20.3 Å². The van der Waals surface area contributed by atoms with Crippen molar-refractivity contribution < 1.29 is 18.3 Å². The Hall–Kier alpha value is -0.580. The maximum atomic E-state index is 11.0. The molecule has 0 saturated heterocycles. The Morgan fingerprint density at radius 1 is 1.46 bits per heavy atom. The minimum absolute atomic E-state index is 0.248. The second-order valence-corrected chi connectivity index (χ2v) is 6.66. The summed E-state index contributed by atoms with van der Waals surface area (Å²) in [6.07, 6.45) is 1.52. The lowest BCUT2D eigenvalue weighted by Gasteiger charge is -2.13. The summed E-state index contributed by atoms with van der Waals surface area (Å²) in [5, 5.41) is 8.94. The largest absolute Gasteiger partial charge is 0.481 e. The zero-order valence-corrected chi connectivity index (χ0v) is 8.81. The van der Waals surface area contributed by atoms with Gasteiger partial charge in [0, 0.05) is 6.26 Å². The van der Waals surface area contributed by atoms with Crippen LogP contribution in [0, 0.1) is 10.8 Å². The quantitative estimate of drug-likeness (QED) is 0.731. The lowest BCUT2D eigenvalue weighted by molar-refractivity contribution is -0.143. The van der Waals surface area contributed by atoms with Gasteiger partial charge in [0.2, 0.25) is 0 Å². The summed E-state index contributed by atoms with van der Waals surface area (Å²) in [5.41, 5.74) is -1.43. The minimum Gasteiger partial charge on any atom is -0.481 e. The van der Waals surface area contributed by atoms with Gasteiger partial charge in [-0.15, -0.1) is 0 Å². The van der Waals surface area contributed by atoms with Crippen molar-refractivity contribution in [2.75, 3.05) is 12.0 Å². The van der Waals surface area contributed by atoms with Gasteiger partial charge in [0.1, 0.15) is 9.84 Å². The predicted octanol–water partition coefficient (Wildman–Crippen LogP) is 0.532. The molecule has 1 aliphatic carbocycles. The predicted molar refractivity (Wildman–Crippen MR) is 48.2 cm³/mol. The molecule has 0 aromatic carbocycles. The Morgan fingerprint density at radius 2 is 1.85 bits per heavy atom. The van der Waals surface area contributed by atoms with Crippen LogP contribution in [-0.2, 0) is 14.6 Å². The molecule has 0 heterocycles. The Bertz CT molecular complexity index is 341. The zero-order valence-electron chi connectivity index (χ0n) is 7.99. The van der Waals surface area contributed by atoms with Crippen LogP contribution in [-0.4, -0.2) is 31.5 Å². The zero-order chi connectivity index (χ0) is 10.5. The van der Waals surface area contributed by atoms with Gasteiger partial charge in [-0.05, 0) is 11.8 Å². The molecule has 1 saturated carbocycles. The first-order valence-electron chi connectivity index (χ1n) is 4.02. The Labute approximate surface area is 77.9 Å². The van der Waals surface area contributed by atoms with Crippen molar-refractivity contribution in [3.63, 3.8) is 0 Å². The summed E-state index contributed by atoms with van der Waals surface area (Å²) in [4.78, 5) is 10.9. The van der Waals surface area contributed by atoms with Crippen molar-refractivity contribution in [3.8, 4) is 0 Å². The maximum Gasteiger partial charge on any atom is 0.311 e. The van der Waals surface area contributed by atoms with Crippen LogP contribution in [0.15, 0.2) is 0 Å². The SMILES string of the molecule is CC1(C)CC1(CS(C)(=O)=O)C(=O)O. The van der Waals surface area contributed by atoms with E-state index in [4.69, 9.17) is 5.11 Å². The lowest BCUT2D eigenvalue weighted by Crippen LogP contribution is -2.29. The van der Waals surface area contributed by atoms with Crippen molar-refractivity contribution in [1.29, 1.82) is 0 Å². The Morgan fingerprint density at radius 3 is 1.92 bits per heavy atom. The summed E-state index contributed by atoms with van der Waals surface area (Å²) >= 11 is 0. The number of rotatable bonds is 3. The fourth-order valence-corrected chi connectivity index (χ4v) is 3.34. The monoisotopic (exact) mass is 206 g/mol. The van der Waals surface area contributed by atoms with E-state index < -0.39 is 21.2 Å². The standard InChI is InChI=1S/C8H14O4S/c1-7(2)4-8(7,6(9)10)5-13(3,11)12/h4-5H2,1-3H3,(H,9,10). The van der Waals surface area contributed by atoms with Crippen LogP contribution in [0.25, 0.3) is 0 Å². The van der Waals surface area contributed by atoms with E-state index in [2.05, 4.69) is 0 Å². The molecule has 1 fully saturated rings. The van der Waals surface area contributed by atoms with Crippen molar-refractivity contribution in [3.05, 3.63) is 0 Å². The smallest absolute Gasteiger partial charge is 0.311 e. The average Bonchev–Trinajstić information content (AvgIpc) is 2.30. The molecule has 4 nitrogen and oxygen atoms in total. The third-order valence-electron chi connectivity index (χ3n) is 2.83. The number of sulfone groups is 1. The number of aliphatic carboxylic acids is 1. The first-order valence-corrected chi connectivity index (χ1v) is 6.08. The molecule has 1 aliphatic rings. The van der Waals surface area contributed by atoms with E-state index in [-0.39, 0.29) is 11.2 Å². The molecule has 0 aromatic heterocycles. The molecule has 0 radical (unpaired) electrons. The third kappa shape index (κ3) is 1.70. The molecule has 1 rings (SSSR count). The molecule has 1 unspecified atom stereocenters. The van der Waals surface area contributed by atoms with Crippen LogP contribution < -0.4 is 0 Å². The van der Waals surface area contributed by atoms with E-state index in [1.165, 1.54) is 0 Å². The Kier molecular flexibility index (Phi) is 1.99. The van der Waals surface area contributed by atoms with Crippen LogP contribution in [0.4, 0.5) is 0 Å². The summed E-state index contributed by atoms with van der Waals surface area (Å²) in [6.45, 7) is 3.57. The maximum absolute atomic E-state index is 11.0. The molecule has 0 spiro atoms. The highest BCUT2D eigenvalue weighted by molar-refractivity contribution is 7.90. The lowest BCUT2D eigenvalue weighted by atomic mass is 9.98. The van der Waals surface area contributed by atoms with E-state index in [0.29, 0.717) is 6.42 Å². The highest BCUT2D eigenvalue weighted by Crippen LogP contribution is 2.64. The van der Waals surface area contributed by atoms with Crippen LogP contribution in [0.3, 0.4) is 0 Å². The molecular weight excluding hydrogens is 192 g/mol. The van der Waals surface area contributed by atoms with Crippen LogP contribution in [0.2, 0.25) is 0 Å². The van der Waals surface area contributed by atoms with Gasteiger partial charge in [0.25, 0.3) is 0 Å². The molecular formula is C8H14O4S. The van der Waals surface area contributed by atoms with E-state index >= 15 is 0 Å². The summed E-state index contributed by atoms with van der Waals surface area (Å²) in [5.74, 6) is -1.24. The first-order chi connectivity index (χ1) is 5.61. The highest BCUT2D eigenvalue weighted by Gasteiger charge is 2.67. The molecule has 1 N–H and O–H groups in total. The fourth-order valence-electron chi connectivity index (χ4n) is 1.83. The Balaban J connectivity index is 2.94. The van der Waals surface area contributed by atoms with Crippen molar-refractivity contribution >= 4 is 15.8 Å². The first kappa shape index (κ1) is 10.5. The fraction of sp³-hybridized carbons (Fsp3) is 0.875. The van der Waals surface area contributed by atoms with Gasteiger partial charge < -0.3 is 5.11 Å². The van der Waals surface area contributed by atoms with Crippen molar-refractivity contribution in [1.82, 2.24) is 0 Å². The van der Waals surface area contributed by atoms with E-state index in [1.54, 1.807) is 13.8 Å². The normalized spacial score (nSPS) is 31.3. The number of hydrogen-bond acceptors (Lipinski definition) is 3. The summed E-state index contributed by atoms with van der Waals surface area (Å²) in [6, 6.07) is 0. The summed E-state index contributed by atoms with van der Waals surface area (Å²) in [7, 11) is -3.22. The molecule has 1 atom stereocenters. The van der Waals surface area contributed by atoms with E-state index in [0.717, 1.165) is 6.26 Å². The second kappa shape index (κ2) is 2.47. The topological polar surface area (TPSA) is 71.4 Å². The van der Waals surface area contributed by atoms with Gasteiger partial charge in [-0.1, -0.05) is 13.8 Å². The number of hydrogen-bond donors (Lipinski definition) is 1. The van der Waals surface area contributed by atoms with Crippen LogP contribution >= 0.6 is 0 Å². The van der Waals surface area contributed by atoms with Gasteiger partial charge in [-0.25, -0.2) is 8.42 Å². The van der Waals surface area contributed by atoms with E-state index in [9.17, 15) is 13.2 Å². The second-order valence-electron chi connectivity index (χ2n) is 4.52.